The van der Waals surface area contributed by atoms with E-state index in [1.54, 1.807) is 0 Å². The smallest absolute Gasteiger partial charge is 0.153 e. The van der Waals surface area contributed by atoms with Crippen LogP contribution in [0.2, 0.25) is 5.02 Å². The van der Waals surface area contributed by atoms with E-state index in [0.717, 1.165) is 45.6 Å². The Morgan fingerprint density at radius 1 is 1.27 bits per heavy atom. The molecule has 1 aromatic carbocycles. The monoisotopic (exact) mass is 367 g/mol. The van der Waals surface area contributed by atoms with Crippen LogP contribution in [-0.4, -0.2) is 27.0 Å². The molecule has 5 nitrogen and oxygen atoms in total. The molecule has 0 saturated heterocycles. The van der Waals surface area contributed by atoms with E-state index in [9.17, 15) is 0 Å². The van der Waals surface area contributed by atoms with Crippen LogP contribution < -0.4 is 4.90 Å². The molecular formula is C20H22ClN5. The van der Waals surface area contributed by atoms with E-state index in [2.05, 4.69) is 45.5 Å². The summed E-state index contributed by atoms with van der Waals surface area (Å²) in [5, 5.41) is 6.96. The first kappa shape index (κ1) is 15.9. The Morgan fingerprint density at radius 3 is 2.88 bits per heavy atom. The van der Waals surface area contributed by atoms with Gasteiger partial charge in [-0.05, 0) is 56.9 Å². The first-order chi connectivity index (χ1) is 12.6. The Balaban J connectivity index is 1.66. The lowest BCUT2D eigenvalue weighted by molar-refractivity contribution is 0.561. The molecule has 1 unspecified atom stereocenters. The average molecular weight is 368 g/mol. The summed E-state index contributed by atoms with van der Waals surface area (Å²) in [5.41, 5.74) is 3.31. The van der Waals surface area contributed by atoms with Crippen LogP contribution in [0, 0.1) is 5.92 Å². The predicted octanol–water partition coefficient (Wildman–Crippen LogP) is 5.10. The first-order valence-corrected chi connectivity index (χ1v) is 9.65. The van der Waals surface area contributed by atoms with E-state index in [1.165, 1.54) is 12.8 Å². The fourth-order valence-electron chi connectivity index (χ4n) is 3.91. The maximum Gasteiger partial charge on any atom is 0.153 e. The number of aromatic amines is 1. The second-order valence-electron chi connectivity index (χ2n) is 7.61. The molecule has 1 saturated carbocycles. The highest BCUT2D eigenvalue weighted by Crippen LogP contribution is 2.41. The molecular weight excluding hydrogens is 346 g/mol. The van der Waals surface area contributed by atoms with Crippen molar-refractivity contribution < 1.29 is 0 Å². The van der Waals surface area contributed by atoms with E-state index < -0.39 is 0 Å². The predicted molar refractivity (Wildman–Crippen MR) is 107 cm³/mol. The number of aliphatic imine (C=N–C) groups is 1. The van der Waals surface area contributed by atoms with Gasteiger partial charge in [0.15, 0.2) is 5.82 Å². The molecule has 0 amide bonds. The van der Waals surface area contributed by atoms with E-state index in [-0.39, 0.29) is 6.04 Å². The molecule has 1 fully saturated rings. The van der Waals surface area contributed by atoms with Crippen LogP contribution in [0.3, 0.4) is 0 Å². The van der Waals surface area contributed by atoms with Gasteiger partial charge in [-0.1, -0.05) is 11.6 Å². The lowest BCUT2D eigenvalue weighted by Gasteiger charge is -2.36. The van der Waals surface area contributed by atoms with Gasteiger partial charge in [-0.3, -0.25) is 4.68 Å². The minimum atomic E-state index is 0.0161. The molecule has 1 N–H and O–H groups in total. The van der Waals surface area contributed by atoms with Gasteiger partial charge in [-0.2, -0.15) is 5.10 Å². The molecule has 0 spiro atoms. The van der Waals surface area contributed by atoms with Crippen molar-refractivity contribution in [1.82, 2.24) is 14.8 Å². The summed E-state index contributed by atoms with van der Waals surface area (Å²) in [4.78, 5) is 10.3. The Morgan fingerprint density at radius 2 is 2.12 bits per heavy atom. The van der Waals surface area contributed by atoms with Gasteiger partial charge in [0.1, 0.15) is 6.04 Å². The lowest BCUT2D eigenvalue weighted by Crippen LogP contribution is -2.37. The highest BCUT2D eigenvalue weighted by atomic mass is 35.5. The minimum absolute atomic E-state index is 0.0161. The van der Waals surface area contributed by atoms with Crippen molar-refractivity contribution in [2.75, 3.05) is 4.90 Å². The lowest BCUT2D eigenvalue weighted by atomic mass is 10.0. The van der Waals surface area contributed by atoms with Crippen LogP contribution >= 0.6 is 11.6 Å². The molecule has 1 atom stereocenters. The topological polar surface area (TPSA) is 49.2 Å². The van der Waals surface area contributed by atoms with Crippen molar-refractivity contribution in [1.29, 1.82) is 0 Å². The number of hydrogen-bond acceptors (Lipinski definition) is 3. The number of anilines is 1. The third-order valence-corrected chi connectivity index (χ3v) is 5.57. The number of benzene rings is 1. The number of nitrogens with zero attached hydrogens (tertiary/aromatic N) is 4. The molecule has 26 heavy (non-hydrogen) atoms. The van der Waals surface area contributed by atoms with Gasteiger partial charge < -0.3 is 9.88 Å². The molecule has 3 heterocycles. The standard InChI is InChI=1S/C20H22ClN5/c1-12(2)26-16-7-8-22-20(16)23-10-18(26)19-15-6-5-14(21)9-17(15)25(24-19)11-13-3-4-13/h5-10,12-13,18,22H,3-4,11H2,1-2H3. The summed E-state index contributed by atoms with van der Waals surface area (Å²) in [6, 6.07) is 8.54. The summed E-state index contributed by atoms with van der Waals surface area (Å²) in [5.74, 6) is 1.67. The molecule has 2 aromatic heterocycles. The third kappa shape index (κ3) is 2.53. The normalized spacial score (nSPS) is 19.5. The Labute approximate surface area is 157 Å². The quantitative estimate of drug-likeness (QED) is 0.697. The molecule has 1 aliphatic carbocycles. The number of hydrogen-bond donors (Lipinski definition) is 1. The fraction of sp³-hybridized carbons (Fsp3) is 0.400. The van der Waals surface area contributed by atoms with Crippen LogP contribution in [0.15, 0.2) is 35.5 Å². The van der Waals surface area contributed by atoms with Crippen LogP contribution in [0.4, 0.5) is 11.5 Å². The maximum absolute atomic E-state index is 6.29. The van der Waals surface area contributed by atoms with E-state index in [4.69, 9.17) is 16.7 Å². The van der Waals surface area contributed by atoms with Crippen LogP contribution in [0.25, 0.3) is 10.9 Å². The van der Waals surface area contributed by atoms with Crippen molar-refractivity contribution in [3.05, 3.63) is 41.2 Å². The third-order valence-electron chi connectivity index (χ3n) is 5.33. The minimum Gasteiger partial charge on any atom is -0.352 e. The number of fused-ring (bicyclic) bond motifs is 2. The summed E-state index contributed by atoms with van der Waals surface area (Å²) >= 11 is 6.29. The molecule has 2 aliphatic rings. The second-order valence-corrected chi connectivity index (χ2v) is 8.04. The number of nitrogens with one attached hydrogen (secondary N) is 1. The van der Waals surface area contributed by atoms with Gasteiger partial charge in [-0.25, -0.2) is 4.99 Å². The number of H-pyrrole nitrogens is 1. The molecule has 3 aromatic rings. The average Bonchev–Trinajstić information content (AvgIpc) is 3.18. The van der Waals surface area contributed by atoms with Crippen molar-refractivity contribution in [3.8, 4) is 0 Å². The van der Waals surface area contributed by atoms with Crippen LogP contribution in [0.5, 0.6) is 0 Å². The van der Waals surface area contributed by atoms with Crippen molar-refractivity contribution in [2.45, 2.75) is 45.3 Å². The Kier molecular flexibility index (Phi) is 3.60. The number of rotatable bonds is 4. The highest BCUT2D eigenvalue weighted by Gasteiger charge is 2.32. The molecule has 134 valence electrons. The first-order valence-electron chi connectivity index (χ1n) is 9.27. The van der Waals surface area contributed by atoms with Crippen molar-refractivity contribution in [2.24, 2.45) is 10.9 Å². The van der Waals surface area contributed by atoms with E-state index >= 15 is 0 Å². The number of halogens is 1. The van der Waals surface area contributed by atoms with Gasteiger partial charge in [-0.15, -0.1) is 0 Å². The Bertz CT molecular complexity index is 995. The van der Waals surface area contributed by atoms with Gasteiger partial charge in [0.2, 0.25) is 0 Å². The molecule has 5 rings (SSSR count). The number of aromatic nitrogens is 3. The van der Waals surface area contributed by atoms with Gasteiger partial charge in [0.25, 0.3) is 0 Å². The largest absolute Gasteiger partial charge is 0.352 e. The van der Waals surface area contributed by atoms with Crippen LogP contribution in [-0.2, 0) is 6.54 Å². The summed E-state index contributed by atoms with van der Waals surface area (Å²) in [6.07, 6.45) is 6.56. The van der Waals surface area contributed by atoms with Gasteiger partial charge in [0.05, 0.1) is 16.9 Å². The fourth-order valence-corrected chi connectivity index (χ4v) is 4.07. The maximum atomic E-state index is 6.29. The zero-order chi connectivity index (χ0) is 17.8. The van der Waals surface area contributed by atoms with Crippen LogP contribution in [0.1, 0.15) is 38.4 Å². The molecule has 0 bridgehead atoms. The second kappa shape index (κ2) is 5.88. The Hall–Kier alpha value is -2.27. The summed E-state index contributed by atoms with van der Waals surface area (Å²) < 4.78 is 2.15. The van der Waals surface area contributed by atoms with Crippen molar-refractivity contribution in [3.63, 3.8) is 0 Å². The van der Waals surface area contributed by atoms with E-state index in [1.807, 2.05) is 24.5 Å². The molecule has 0 radical (unpaired) electrons. The SMILES string of the molecule is CC(C)N1c2cc[nH]c2N=CC1c1nn(CC2CC2)c2cc(Cl)ccc12. The zero-order valence-electron chi connectivity index (χ0n) is 15.0. The molecule has 1 aliphatic heterocycles. The van der Waals surface area contributed by atoms with Gasteiger partial charge in [0, 0.05) is 35.4 Å². The highest BCUT2D eigenvalue weighted by molar-refractivity contribution is 6.31. The van der Waals surface area contributed by atoms with E-state index in [0.29, 0.717) is 6.04 Å². The van der Waals surface area contributed by atoms with Crippen molar-refractivity contribution >= 4 is 40.2 Å². The zero-order valence-corrected chi connectivity index (χ0v) is 15.7. The van der Waals surface area contributed by atoms with Gasteiger partial charge >= 0.3 is 0 Å². The molecule has 6 heteroatoms. The summed E-state index contributed by atoms with van der Waals surface area (Å²) in [6.45, 7) is 5.39. The summed E-state index contributed by atoms with van der Waals surface area (Å²) in [7, 11) is 0.